The van der Waals surface area contributed by atoms with Gasteiger partial charge in [0.2, 0.25) is 0 Å². The Kier molecular flexibility index (Phi) is 4.74. The fraction of sp³-hybridized carbons (Fsp3) is 0.105. The van der Waals surface area contributed by atoms with Gasteiger partial charge in [-0.05, 0) is 50.1 Å². The van der Waals surface area contributed by atoms with Crippen LogP contribution < -0.4 is 5.23 Å². The molecular formula is C19H18BN3O3S2. The molecule has 28 heavy (non-hydrogen) atoms. The molecule has 142 valence electrons. The van der Waals surface area contributed by atoms with E-state index in [1.54, 1.807) is 49.5 Å². The molecule has 3 heterocycles. The van der Waals surface area contributed by atoms with Gasteiger partial charge in [-0.25, -0.2) is 17.4 Å². The van der Waals surface area contributed by atoms with Crippen molar-refractivity contribution in [2.24, 2.45) is 0 Å². The number of aromatic nitrogens is 2. The Morgan fingerprint density at radius 3 is 2.57 bits per heavy atom. The van der Waals surface area contributed by atoms with Crippen LogP contribution in [0.4, 0.5) is 5.00 Å². The summed E-state index contributed by atoms with van der Waals surface area (Å²) in [6.45, 7) is 3.57. The average molecular weight is 411 g/mol. The van der Waals surface area contributed by atoms with Gasteiger partial charge in [-0.15, -0.1) is 11.3 Å². The zero-order chi connectivity index (χ0) is 19.9. The predicted molar refractivity (Wildman–Crippen MR) is 114 cm³/mol. The molecule has 0 atom stereocenters. The lowest BCUT2D eigenvalue weighted by Crippen LogP contribution is -2.18. The molecule has 1 aromatic carbocycles. The van der Waals surface area contributed by atoms with Crippen LogP contribution in [-0.2, 0) is 10.0 Å². The summed E-state index contributed by atoms with van der Waals surface area (Å²) in [6, 6.07) is 14.2. The normalized spacial score (nSPS) is 11.7. The smallest absolute Gasteiger partial charge is 0.407 e. The third-order valence-electron chi connectivity index (χ3n) is 4.35. The third kappa shape index (κ3) is 3.32. The molecular weight excluding hydrogens is 393 g/mol. The van der Waals surface area contributed by atoms with Crippen LogP contribution in [0.5, 0.6) is 0 Å². The molecule has 9 heteroatoms. The van der Waals surface area contributed by atoms with Crippen molar-refractivity contribution >= 4 is 44.4 Å². The van der Waals surface area contributed by atoms with E-state index < -0.39 is 17.1 Å². The average Bonchev–Trinajstić information content (AvgIpc) is 3.28. The Morgan fingerprint density at radius 2 is 1.86 bits per heavy atom. The Hall–Kier alpha value is -2.62. The van der Waals surface area contributed by atoms with Crippen molar-refractivity contribution in [3.05, 3.63) is 66.5 Å². The Labute approximate surface area is 167 Å². The fourth-order valence-corrected chi connectivity index (χ4v) is 5.34. The number of thiophene rings is 1. The van der Waals surface area contributed by atoms with Crippen molar-refractivity contribution in [1.29, 1.82) is 0 Å². The molecule has 2 N–H and O–H groups in total. The molecule has 0 spiro atoms. The summed E-state index contributed by atoms with van der Waals surface area (Å²) in [6.07, 6.45) is 3.15. The monoisotopic (exact) mass is 411 g/mol. The molecule has 3 aromatic heterocycles. The van der Waals surface area contributed by atoms with Crippen molar-refractivity contribution in [2.45, 2.75) is 18.6 Å². The minimum Gasteiger partial charge on any atom is -0.433 e. The molecule has 0 aliphatic heterocycles. The second kappa shape index (κ2) is 7.08. The number of pyridine rings is 1. The van der Waals surface area contributed by atoms with Gasteiger partial charge in [0.1, 0.15) is 0 Å². The highest BCUT2D eigenvalue weighted by Gasteiger charge is 2.21. The highest BCUT2D eigenvalue weighted by molar-refractivity contribution is 7.90. The maximum Gasteiger partial charge on any atom is 0.407 e. The van der Waals surface area contributed by atoms with E-state index in [1.807, 2.05) is 25.1 Å². The van der Waals surface area contributed by atoms with E-state index in [2.05, 4.69) is 10.2 Å². The van der Waals surface area contributed by atoms with E-state index in [-0.39, 0.29) is 4.90 Å². The SMILES string of the molecule is CB(O)Nc1ccc(-c2ccnc3c2ccn3S(=O)(=O)c2ccc(C)cc2)s1. The molecule has 0 saturated carbocycles. The van der Waals surface area contributed by atoms with Crippen LogP contribution in [0.15, 0.2) is 65.8 Å². The summed E-state index contributed by atoms with van der Waals surface area (Å²) >= 11 is 1.49. The van der Waals surface area contributed by atoms with Crippen molar-refractivity contribution in [3.8, 4) is 10.4 Å². The van der Waals surface area contributed by atoms with Crippen molar-refractivity contribution in [1.82, 2.24) is 8.96 Å². The van der Waals surface area contributed by atoms with Gasteiger partial charge in [-0.3, -0.25) is 0 Å². The van der Waals surface area contributed by atoms with Crippen LogP contribution >= 0.6 is 11.3 Å². The molecule has 0 saturated heterocycles. The van der Waals surface area contributed by atoms with Crippen LogP contribution in [0, 0.1) is 6.92 Å². The van der Waals surface area contributed by atoms with Crippen LogP contribution in [0.1, 0.15) is 5.56 Å². The molecule has 6 nitrogen and oxygen atoms in total. The first kappa shape index (κ1) is 18.7. The predicted octanol–water partition coefficient (Wildman–Crippen LogP) is 3.83. The van der Waals surface area contributed by atoms with Crippen LogP contribution in [0.3, 0.4) is 0 Å². The number of fused-ring (bicyclic) bond motifs is 1. The number of rotatable bonds is 5. The summed E-state index contributed by atoms with van der Waals surface area (Å²) in [5.41, 5.74) is 2.28. The minimum atomic E-state index is -3.74. The number of anilines is 1. The largest absolute Gasteiger partial charge is 0.433 e. The number of benzene rings is 1. The molecule has 0 bridgehead atoms. The molecule has 0 aliphatic carbocycles. The quantitative estimate of drug-likeness (QED) is 0.488. The standard InChI is InChI=1S/C19H18BN3O3S2/c1-13-3-5-14(6-4-13)28(25,26)23-12-10-16-15(9-11-21-19(16)23)17-7-8-18(27-17)22-20(2)24/h3-12,22,24H,1-2H3. The van der Waals surface area contributed by atoms with E-state index >= 15 is 0 Å². The molecule has 4 aromatic rings. The highest BCUT2D eigenvalue weighted by Crippen LogP contribution is 2.36. The van der Waals surface area contributed by atoms with Crippen molar-refractivity contribution < 1.29 is 13.4 Å². The van der Waals surface area contributed by atoms with E-state index in [0.717, 1.165) is 26.4 Å². The van der Waals surface area contributed by atoms with Gasteiger partial charge in [0, 0.05) is 28.2 Å². The summed E-state index contributed by atoms with van der Waals surface area (Å²) < 4.78 is 27.4. The summed E-state index contributed by atoms with van der Waals surface area (Å²) in [5, 5.41) is 14.0. The van der Waals surface area contributed by atoms with E-state index in [1.165, 1.54) is 15.3 Å². The third-order valence-corrected chi connectivity index (χ3v) is 7.09. The molecule has 0 fully saturated rings. The van der Waals surface area contributed by atoms with Crippen molar-refractivity contribution in [2.75, 3.05) is 5.23 Å². The second-order valence-corrected chi connectivity index (χ2v) is 9.41. The van der Waals surface area contributed by atoms with Gasteiger partial charge >= 0.3 is 7.05 Å². The first-order chi connectivity index (χ1) is 13.4. The fourth-order valence-electron chi connectivity index (χ4n) is 3.01. The Morgan fingerprint density at radius 1 is 1.11 bits per heavy atom. The summed E-state index contributed by atoms with van der Waals surface area (Å²) in [7, 11) is -4.38. The minimum absolute atomic E-state index is 0.224. The molecule has 0 unspecified atom stereocenters. The van der Waals surface area contributed by atoms with Gasteiger partial charge in [-0.2, -0.15) is 0 Å². The first-order valence-electron chi connectivity index (χ1n) is 8.69. The molecule has 0 radical (unpaired) electrons. The summed E-state index contributed by atoms with van der Waals surface area (Å²) in [5.74, 6) is 0. The Bertz CT molecular complexity index is 1250. The van der Waals surface area contributed by atoms with Gasteiger partial charge in [0.15, 0.2) is 5.65 Å². The Balaban J connectivity index is 1.81. The zero-order valence-electron chi connectivity index (χ0n) is 15.3. The number of hydrogen-bond donors (Lipinski definition) is 2. The van der Waals surface area contributed by atoms with Crippen LogP contribution in [0.25, 0.3) is 21.5 Å². The maximum absolute atomic E-state index is 13.1. The lowest BCUT2D eigenvalue weighted by atomic mass is 9.89. The van der Waals surface area contributed by atoms with Gasteiger partial charge in [0.25, 0.3) is 10.0 Å². The summed E-state index contributed by atoms with van der Waals surface area (Å²) in [4.78, 5) is 5.51. The molecule has 4 rings (SSSR count). The zero-order valence-corrected chi connectivity index (χ0v) is 17.0. The number of nitrogens with zero attached hydrogens (tertiary/aromatic N) is 2. The lowest BCUT2D eigenvalue weighted by molar-refractivity contribution is 0.586. The second-order valence-electron chi connectivity index (χ2n) is 6.51. The number of aryl methyl sites for hydroxylation is 1. The lowest BCUT2D eigenvalue weighted by Gasteiger charge is -2.08. The van der Waals surface area contributed by atoms with Gasteiger partial charge in [0.05, 0.1) is 9.90 Å². The van der Waals surface area contributed by atoms with Crippen LogP contribution in [-0.4, -0.2) is 29.4 Å². The first-order valence-corrected chi connectivity index (χ1v) is 10.9. The highest BCUT2D eigenvalue weighted by atomic mass is 32.2. The van der Waals surface area contributed by atoms with E-state index in [0.29, 0.717) is 5.65 Å². The van der Waals surface area contributed by atoms with Gasteiger partial charge in [-0.1, -0.05) is 17.7 Å². The van der Waals surface area contributed by atoms with Crippen LogP contribution in [0.2, 0.25) is 6.82 Å². The number of hydrogen-bond acceptors (Lipinski definition) is 6. The topological polar surface area (TPSA) is 84.2 Å². The number of nitrogens with one attached hydrogen (secondary N) is 1. The van der Waals surface area contributed by atoms with E-state index in [4.69, 9.17) is 0 Å². The van der Waals surface area contributed by atoms with Gasteiger partial charge < -0.3 is 10.3 Å². The molecule has 0 amide bonds. The van der Waals surface area contributed by atoms with Crippen molar-refractivity contribution in [3.63, 3.8) is 0 Å². The molecule has 0 aliphatic rings. The maximum atomic E-state index is 13.1. The van der Waals surface area contributed by atoms with E-state index in [9.17, 15) is 13.4 Å².